The van der Waals surface area contributed by atoms with E-state index in [9.17, 15) is 9.59 Å². The number of nitrogens with zero attached hydrogens (tertiary/aromatic N) is 5. The molecule has 0 radical (unpaired) electrons. The van der Waals surface area contributed by atoms with Gasteiger partial charge < -0.3 is 9.80 Å². The van der Waals surface area contributed by atoms with E-state index >= 15 is 0 Å². The van der Waals surface area contributed by atoms with Crippen LogP contribution in [0.1, 0.15) is 60.5 Å². The molecule has 1 atom stereocenters. The van der Waals surface area contributed by atoms with Crippen molar-refractivity contribution in [2.24, 2.45) is 0 Å². The van der Waals surface area contributed by atoms with Gasteiger partial charge in [-0.1, -0.05) is 13.8 Å². The molecule has 0 saturated carbocycles. The number of rotatable bonds is 5. The zero-order valence-electron chi connectivity index (χ0n) is 15.9. The van der Waals surface area contributed by atoms with Crippen LogP contribution in [-0.4, -0.2) is 81.8 Å². The van der Waals surface area contributed by atoms with Crippen LogP contribution in [0, 0.1) is 0 Å². The van der Waals surface area contributed by atoms with E-state index in [2.05, 4.69) is 28.7 Å². The minimum Gasteiger partial charge on any atom is -0.337 e. The second-order valence-electron chi connectivity index (χ2n) is 7.02. The smallest absolute Gasteiger partial charge is 0.274 e. The van der Waals surface area contributed by atoms with Crippen molar-refractivity contribution in [2.45, 2.75) is 45.6 Å². The van der Waals surface area contributed by atoms with Gasteiger partial charge in [0, 0.05) is 44.6 Å². The number of hydrogen-bond donors (Lipinski definition) is 0. The number of piperidine rings is 1. The van der Waals surface area contributed by atoms with Crippen LogP contribution in [0.25, 0.3) is 0 Å². The standard InChI is InChI=1S/C19H29N5O2/c1-3-22(4-2)15-8-13-24(14-15)19(26)17-16(20-9-10-21-17)18(25)23-11-6-5-7-12-23/h9-10,15H,3-8,11-14H2,1-2H3/t15-/m0/s1. The molecule has 0 bridgehead atoms. The van der Waals surface area contributed by atoms with E-state index in [-0.39, 0.29) is 23.2 Å². The third kappa shape index (κ3) is 3.87. The van der Waals surface area contributed by atoms with Crippen molar-refractivity contribution in [3.05, 3.63) is 23.8 Å². The molecule has 142 valence electrons. The first kappa shape index (κ1) is 18.8. The van der Waals surface area contributed by atoms with Gasteiger partial charge in [-0.05, 0) is 38.8 Å². The summed E-state index contributed by atoms with van der Waals surface area (Å²) in [5.41, 5.74) is 0.397. The van der Waals surface area contributed by atoms with Crippen LogP contribution in [-0.2, 0) is 0 Å². The third-order valence-corrected chi connectivity index (χ3v) is 5.53. The second kappa shape index (κ2) is 8.58. The highest BCUT2D eigenvalue weighted by atomic mass is 16.2. The maximum Gasteiger partial charge on any atom is 0.274 e. The molecule has 0 aromatic carbocycles. The molecule has 2 aliphatic rings. The summed E-state index contributed by atoms with van der Waals surface area (Å²) in [6.07, 6.45) is 7.12. The Morgan fingerprint density at radius 2 is 1.54 bits per heavy atom. The Kier molecular flexibility index (Phi) is 6.19. The van der Waals surface area contributed by atoms with E-state index < -0.39 is 0 Å². The lowest BCUT2D eigenvalue weighted by Crippen LogP contribution is -2.40. The van der Waals surface area contributed by atoms with E-state index in [1.54, 1.807) is 4.90 Å². The molecule has 7 heteroatoms. The summed E-state index contributed by atoms with van der Waals surface area (Å²) in [7, 11) is 0. The summed E-state index contributed by atoms with van der Waals surface area (Å²) in [5.74, 6) is -0.339. The van der Waals surface area contributed by atoms with Gasteiger partial charge in [-0.3, -0.25) is 14.5 Å². The summed E-state index contributed by atoms with van der Waals surface area (Å²) >= 11 is 0. The number of carbonyl (C=O) groups is 2. The molecule has 2 aliphatic heterocycles. The van der Waals surface area contributed by atoms with Gasteiger partial charge >= 0.3 is 0 Å². The summed E-state index contributed by atoms with van der Waals surface area (Å²) in [4.78, 5) is 40.3. The molecule has 1 aromatic heterocycles. The molecule has 1 aromatic rings. The molecule has 3 heterocycles. The summed E-state index contributed by atoms with van der Waals surface area (Å²) in [6, 6.07) is 0.381. The van der Waals surface area contributed by atoms with Gasteiger partial charge in [0.25, 0.3) is 11.8 Å². The van der Waals surface area contributed by atoms with Gasteiger partial charge in [-0.25, -0.2) is 9.97 Å². The fourth-order valence-corrected chi connectivity index (χ4v) is 4.01. The Hall–Kier alpha value is -2.02. The van der Waals surface area contributed by atoms with E-state index in [0.29, 0.717) is 19.1 Å². The first-order chi connectivity index (χ1) is 12.7. The maximum atomic E-state index is 13.0. The number of hydrogen-bond acceptors (Lipinski definition) is 5. The lowest BCUT2D eigenvalue weighted by molar-refractivity contribution is 0.0694. The van der Waals surface area contributed by atoms with Gasteiger partial charge in [-0.15, -0.1) is 0 Å². The van der Waals surface area contributed by atoms with Crippen LogP contribution >= 0.6 is 0 Å². The van der Waals surface area contributed by atoms with Crippen LogP contribution in [0.15, 0.2) is 12.4 Å². The predicted octanol–water partition coefficient (Wildman–Crippen LogP) is 1.66. The molecule has 0 spiro atoms. The topological polar surface area (TPSA) is 69.6 Å². The molecule has 26 heavy (non-hydrogen) atoms. The molecule has 0 N–H and O–H groups in total. The Bertz CT molecular complexity index is 641. The summed E-state index contributed by atoms with van der Waals surface area (Å²) in [6.45, 7) is 9.11. The highest BCUT2D eigenvalue weighted by Gasteiger charge is 2.33. The second-order valence-corrected chi connectivity index (χ2v) is 7.02. The Balaban J connectivity index is 1.75. The van der Waals surface area contributed by atoms with Crippen LogP contribution in [0.4, 0.5) is 0 Å². The average Bonchev–Trinajstić information content (AvgIpc) is 3.18. The first-order valence-electron chi connectivity index (χ1n) is 9.79. The molecule has 2 amide bonds. The monoisotopic (exact) mass is 359 g/mol. The normalized spacial score (nSPS) is 20.7. The van der Waals surface area contributed by atoms with Crippen molar-refractivity contribution in [2.75, 3.05) is 39.3 Å². The number of likely N-dealkylation sites (N-methyl/N-ethyl adjacent to an activating group) is 1. The minimum absolute atomic E-state index is 0.166. The van der Waals surface area contributed by atoms with Gasteiger partial charge in [0.15, 0.2) is 11.4 Å². The minimum atomic E-state index is -0.173. The molecule has 0 unspecified atom stereocenters. The highest BCUT2D eigenvalue weighted by molar-refractivity contribution is 6.04. The quantitative estimate of drug-likeness (QED) is 0.800. The number of amides is 2. The number of carbonyl (C=O) groups excluding carboxylic acids is 2. The average molecular weight is 359 g/mol. The molecular weight excluding hydrogens is 330 g/mol. The van der Waals surface area contributed by atoms with Crippen molar-refractivity contribution in [1.82, 2.24) is 24.7 Å². The van der Waals surface area contributed by atoms with Gasteiger partial charge in [0.2, 0.25) is 0 Å². The SMILES string of the molecule is CCN(CC)[C@H]1CCN(C(=O)c2nccnc2C(=O)N2CCCCC2)C1. The van der Waals surface area contributed by atoms with E-state index in [0.717, 1.165) is 51.9 Å². The Morgan fingerprint density at radius 1 is 0.962 bits per heavy atom. The van der Waals surface area contributed by atoms with E-state index in [1.807, 2.05) is 4.90 Å². The van der Waals surface area contributed by atoms with Crippen molar-refractivity contribution in [1.29, 1.82) is 0 Å². The van der Waals surface area contributed by atoms with Crippen molar-refractivity contribution < 1.29 is 9.59 Å². The summed E-state index contributed by atoms with van der Waals surface area (Å²) < 4.78 is 0. The molecule has 7 nitrogen and oxygen atoms in total. The van der Waals surface area contributed by atoms with Gasteiger partial charge in [0.05, 0.1) is 0 Å². The molecule has 3 rings (SSSR count). The largest absolute Gasteiger partial charge is 0.337 e. The first-order valence-corrected chi connectivity index (χ1v) is 9.79. The highest BCUT2D eigenvalue weighted by Crippen LogP contribution is 2.20. The van der Waals surface area contributed by atoms with Crippen molar-refractivity contribution >= 4 is 11.8 Å². The molecule has 2 saturated heterocycles. The zero-order valence-corrected chi connectivity index (χ0v) is 15.9. The fourth-order valence-electron chi connectivity index (χ4n) is 4.01. The zero-order chi connectivity index (χ0) is 18.5. The van der Waals surface area contributed by atoms with Crippen LogP contribution in [0.5, 0.6) is 0 Å². The fraction of sp³-hybridized carbons (Fsp3) is 0.684. The summed E-state index contributed by atoms with van der Waals surface area (Å²) in [5, 5.41) is 0. The van der Waals surface area contributed by atoms with E-state index in [4.69, 9.17) is 0 Å². The predicted molar refractivity (Wildman–Crippen MR) is 99.0 cm³/mol. The molecule has 0 aliphatic carbocycles. The lowest BCUT2D eigenvalue weighted by atomic mass is 10.1. The number of aromatic nitrogens is 2. The van der Waals surface area contributed by atoms with Crippen LogP contribution in [0.3, 0.4) is 0 Å². The van der Waals surface area contributed by atoms with E-state index in [1.165, 1.54) is 12.4 Å². The van der Waals surface area contributed by atoms with Gasteiger partial charge in [-0.2, -0.15) is 0 Å². The van der Waals surface area contributed by atoms with Gasteiger partial charge in [0.1, 0.15) is 0 Å². The van der Waals surface area contributed by atoms with Crippen LogP contribution in [0.2, 0.25) is 0 Å². The van der Waals surface area contributed by atoms with Crippen molar-refractivity contribution in [3.63, 3.8) is 0 Å². The molecular formula is C19H29N5O2. The Labute approximate surface area is 155 Å². The van der Waals surface area contributed by atoms with Crippen LogP contribution < -0.4 is 0 Å². The number of likely N-dealkylation sites (tertiary alicyclic amines) is 2. The lowest BCUT2D eigenvalue weighted by Gasteiger charge is -2.27. The molecule has 2 fully saturated rings. The Morgan fingerprint density at radius 3 is 2.12 bits per heavy atom. The third-order valence-electron chi connectivity index (χ3n) is 5.53. The van der Waals surface area contributed by atoms with Crippen molar-refractivity contribution in [3.8, 4) is 0 Å². The maximum absolute atomic E-state index is 13.0.